The minimum absolute atomic E-state index is 1.13. The highest BCUT2D eigenvalue weighted by molar-refractivity contribution is 4.94. The largest absolute Gasteiger partial charge is 0.375 e. The minimum Gasteiger partial charge on any atom is -0.375 e. The number of nitrogens with one attached hydrogen (secondary N) is 2. The molecule has 0 amide bonds. The first kappa shape index (κ1) is 11.3. The first-order valence-corrected chi connectivity index (χ1v) is 4.90. The fraction of sp³-hybridized carbons (Fsp3) is 0.800. The van der Waals surface area contributed by atoms with Crippen LogP contribution in [0.4, 0.5) is 0 Å². The molecule has 2 nitrogen and oxygen atoms in total. The molecule has 0 aromatic rings. The summed E-state index contributed by atoms with van der Waals surface area (Å²) in [5, 5.41) is 6.19. The molecular formula is C10H22N2. The second-order valence-electron chi connectivity index (χ2n) is 2.97. The number of hydrogen-bond donors (Lipinski definition) is 2. The van der Waals surface area contributed by atoms with Crippen molar-refractivity contribution in [1.29, 1.82) is 0 Å². The molecule has 0 unspecified atom stereocenters. The van der Waals surface area contributed by atoms with Crippen LogP contribution in [0.2, 0.25) is 0 Å². The normalized spacial score (nSPS) is 9.25. The van der Waals surface area contributed by atoms with E-state index in [9.17, 15) is 0 Å². The van der Waals surface area contributed by atoms with E-state index in [4.69, 9.17) is 0 Å². The molecule has 0 aliphatic heterocycles. The quantitative estimate of drug-likeness (QED) is 0.573. The highest BCUT2D eigenvalue weighted by Crippen LogP contribution is 2.03. The van der Waals surface area contributed by atoms with E-state index >= 15 is 0 Å². The molecule has 0 rings (SSSR count). The molecule has 2 N–H and O–H groups in total. The van der Waals surface area contributed by atoms with Crippen LogP contribution >= 0.6 is 0 Å². The predicted octanol–water partition coefficient (Wildman–Crippen LogP) is 2.24. The summed E-state index contributed by atoms with van der Waals surface area (Å²) in [6.45, 7) is 2.24. The van der Waals surface area contributed by atoms with E-state index in [2.05, 4.69) is 23.6 Å². The van der Waals surface area contributed by atoms with Gasteiger partial charge in [0.05, 0.1) is 5.82 Å². The van der Waals surface area contributed by atoms with Crippen LogP contribution in [-0.2, 0) is 0 Å². The Balaban J connectivity index is 3.31. The van der Waals surface area contributed by atoms with Crippen molar-refractivity contribution in [3.05, 3.63) is 11.9 Å². The maximum absolute atomic E-state index is 3.09. The van der Waals surface area contributed by atoms with Crippen LogP contribution in [0, 0.1) is 0 Å². The van der Waals surface area contributed by atoms with Gasteiger partial charge in [0.15, 0.2) is 0 Å². The monoisotopic (exact) mass is 170 g/mol. The van der Waals surface area contributed by atoms with Crippen molar-refractivity contribution in [2.45, 2.75) is 39.0 Å². The van der Waals surface area contributed by atoms with Crippen LogP contribution in [0.1, 0.15) is 39.0 Å². The van der Waals surface area contributed by atoms with Crippen LogP contribution < -0.4 is 10.6 Å². The number of allylic oxidation sites excluding steroid dienone is 1. The molecule has 0 aliphatic rings. The summed E-state index contributed by atoms with van der Waals surface area (Å²) in [7, 11) is 3.88. The van der Waals surface area contributed by atoms with E-state index in [1.54, 1.807) is 0 Å². The van der Waals surface area contributed by atoms with Gasteiger partial charge < -0.3 is 10.6 Å². The average Bonchev–Trinajstić information content (AvgIpc) is 2.11. The van der Waals surface area contributed by atoms with Gasteiger partial charge in [-0.3, -0.25) is 0 Å². The number of unbranched alkanes of at least 4 members (excludes halogenated alkanes) is 4. The summed E-state index contributed by atoms with van der Waals surface area (Å²) in [5.41, 5.74) is 0. The predicted molar refractivity (Wildman–Crippen MR) is 55.0 cm³/mol. The van der Waals surface area contributed by atoms with E-state index in [0.717, 1.165) is 5.82 Å². The van der Waals surface area contributed by atoms with Crippen molar-refractivity contribution in [3.8, 4) is 0 Å². The van der Waals surface area contributed by atoms with Crippen LogP contribution in [-0.4, -0.2) is 14.1 Å². The van der Waals surface area contributed by atoms with Gasteiger partial charge in [0.1, 0.15) is 0 Å². The third-order valence-corrected chi connectivity index (χ3v) is 1.94. The van der Waals surface area contributed by atoms with Gasteiger partial charge in [0.2, 0.25) is 0 Å². The number of rotatable bonds is 7. The molecule has 12 heavy (non-hydrogen) atoms. The second-order valence-corrected chi connectivity index (χ2v) is 2.97. The van der Waals surface area contributed by atoms with Gasteiger partial charge in [-0.25, -0.2) is 0 Å². The molecule has 2 heteroatoms. The smallest absolute Gasteiger partial charge is 0.0940 e. The minimum atomic E-state index is 1.13. The van der Waals surface area contributed by atoms with Gasteiger partial charge in [-0.2, -0.15) is 0 Å². The molecule has 0 saturated carbocycles. The van der Waals surface area contributed by atoms with Gasteiger partial charge in [-0.15, -0.1) is 0 Å². The van der Waals surface area contributed by atoms with Crippen molar-refractivity contribution in [2.75, 3.05) is 14.1 Å². The summed E-state index contributed by atoms with van der Waals surface area (Å²) in [6.07, 6.45) is 8.73. The van der Waals surface area contributed by atoms with Gasteiger partial charge in [-0.1, -0.05) is 26.2 Å². The molecule has 0 aliphatic carbocycles. The van der Waals surface area contributed by atoms with E-state index in [-0.39, 0.29) is 0 Å². The van der Waals surface area contributed by atoms with Crippen molar-refractivity contribution in [1.82, 2.24) is 10.6 Å². The van der Waals surface area contributed by atoms with Crippen LogP contribution in [0.5, 0.6) is 0 Å². The molecule has 0 fully saturated rings. The Bertz CT molecular complexity index is 113. The molecule has 0 saturated heterocycles. The zero-order valence-corrected chi connectivity index (χ0v) is 8.61. The second kappa shape index (κ2) is 8.44. The third kappa shape index (κ3) is 6.08. The lowest BCUT2D eigenvalue weighted by Gasteiger charge is -2.04. The van der Waals surface area contributed by atoms with Crippen LogP contribution in [0.3, 0.4) is 0 Å². The standard InChI is InChI=1S/C10H22N2/c1-4-5-6-7-8-9-10(11-2)12-3/h9,11-12H,4-8H2,1-3H3. The van der Waals surface area contributed by atoms with Gasteiger partial charge in [0.25, 0.3) is 0 Å². The fourth-order valence-electron chi connectivity index (χ4n) is 1.15. The molecule has 0 radical (unpaired) electrons. The lowest BCUT2D eigenvalue weighted by Crippen LogP contribution is -2.18. The van der Waals surface area contributed by atoms with E-state index in [0.29, 0.717) is 0 Å². The summed E-state index contributed by atoms with van der Waals surface area (Å²) in [5.74, 6) is 1.13. The van der Waals surface area contributed by atoms with Crippen molar-refractivity contribution in [3.63, 3.8) is 0 Å². The van der Waals surface area contributed by atoms with E-state index in [1.165, 1.54) is 32.1 Å². The summed E-state index contributed by atoms with van der Waals surface area (Å²) in [6, 6.07) is 0. The SMILES string of the molecule is CCCCCCC=C(NC)NC. The molecule has 0 spiro atoms. The van der Waals surface area contributed by atoms with Crippen LogP contribution in [0.25, 0.3) is 0 Å². The highest BCUT2D eigenvalue weighted by atomic mass is 15.0. The fourth-order valence-corrected chi connectivity index (χ4v) is 1.15. The maximum Gasteiger partial charge on any atom is 0.0940 e. The van der Waals surface area contributed by atoms with Crippen LogP contribution in [0.15, 0.2) is 11.9 Å². The number of hydrogen-bond acceptors (Lipinski definition) is 2. The first-order chi connectivity index (χ1) is 5.85. The van der Waals surface area contributed by atoms with Crippen molar-refractivity contribution < 1.29 is 0 Å². The molecule has 0 heterocycles. The summed E-state index contributed by atoms with van der Waals surface area (Å²) >= 11 is 0. The average molecular weight is 170 g/mol. The maximum atomic E-state index is 3.09. The Labute approximate surface area is 76.4 Å². The zero-order valence-electron chi connectivity index (χ0n) is 8.61. The third-order valence-electron chi connectivity index (χ3n) is 1.94. The van der Waals surface area contributed by atoms with E-state index in [1.807, 2.05) is 14.1 Å². The van der Waals surface area contributed by atoms with Crippen molar-refractivity contribution in [2.24, 2.45) is 0 Å². The first-order valence-electron chi connectivity index (χ1n) is 4.90. The molecule has 0 atom stereocenters. The highest BCUT2D eigenvalue weighted by Gasteiger charge is 1.88. The Morgan fingerprint density at radius 1 is 1.08 bits per heavy atom. The van der Waals surface area contributed by atoms with Crippen molar-refractivity contribution >= 4 is 0 Å². The Hall–Kier alpha value is -0.660. The molecule has 0 aromatic heterocycles. The lowest BCUT2D eigenvalue weighted by molar-refractivity contribution is 0.668. The van der Waals surface area contributed by atoms with Gasteiger partial charge >= 0.3 is 0 Å². The summed E-state index contributed by atoms with van der Waals surface area (Å²) < 4.78 is 0. The van der Waals surface area contributed by atoms with Gasteiger partial charge in [0, 0.05) is 14.1 Å². The topological polar surface area (TPSA) is 24.1 Å². The Morgan fingerprint density at radius 2 is 1.75 bits per heavy atom. The molecule has 72 valence electrons. The Morgan fingerprint density at radius 3 is 2.25 bits per heavy atom. The van der Waals surface area contributed by atoms with E-state index < -0.39 is 0 Å². The summed E-state index contributed by atoms with van der Waals surface area (Å²) in [4.78, 5) is 0. The zero-order chi connectivity index (χ0) is 9.23. The molecule has 0 bridgehead atoms. The lowest BCUT2D eigenvalue weighted by atomic mass is 10.1. The molecule has 0 aromatic carbocycles. The molecular weight excluding hydrogens is 148 g/mol. The Kier molecular flexibility index (Phi) is 7.97. The van der Waals surface area contributed by atoms with Gasteiger partial charge in [-0.05, 0) is 18.9 Å².